The van der Waals surface area contributed by atoms with E-state index in [2.05, 4.69) is 12.0 Å². The molecular formula is C20H25N3O3. The van der Waals surface area contributed by atoms with Crippen LogP contribution < -0.4 is 9.47 Å². The Morgan fingerprint density at radius 3 is 2.46 bits per heavy atom. The third-order valence-corrected chi connectivity index (χ3v) is 5.73. The highest BCUT2D eigenvalue weighted by Crippen LogP contribution is 2.50. The fourth-order valence-electron chi connectivity index (χ4n) is 4.01. The van der Waals surface area contributed by atoms with Gasteiger partial charge in [-0.15, -0.1) is 0 Å². The summed E-state index contributed by atoms with van der Waals surface area (Å²) >= 11 is 0. The molecule has 2 fully saturated rings. The number of likely N-dealkylation sites (tertiary alicyclic amines) is 1. The molecule has 0 unspecified atom stereocenters. The molecule has 0 radical (unpaired) electrons. The predicted molar refractivity (Wildman–Crippen MR) is 98.5 cm³/mol. The average Bonchev–Trinajstić information content (AvgIpc) is 3.40. The van der Waals surface area contributed by atoms with Crippen LogP contribution in [-0.2, 0) is 7.05 Å². The number of aryl methyl sites for hydroxylation is 1. The quantitative estimate of drug-likeness (QED) is 0.827. The standard InChI is InChI=1S/C20H25N3O3/c1-20(14-6-7-14)11-23(12-20)19(24)15-10-16(22(2)21-15)13-5-8-17(25-3)18(9-13)26-4/h5,8-10,14H,6-7,11-12H2,1-4H3. The minimum Gasteiger partial charge on any atom is -0.493 e. The average molecular weight is 355 g/mol. The molecule has 26 heavy (non-hydrogen) atoms. The van der Waals surface area contributed by atoms with E-state index in [1.165, 1.54) is 12.8 Å². The van der Waals surface area contributed by atoms with Gasteiger partial charge in [0.2, 0.25) is 0 Å². The van der Waals surface area contributed by atoms with Gasteiger partial charge in [-0.3, -0.25) is 9.48 Å². The maximum absolute atomic E-state index is 12.8. The molecule has 0 spiro atoms. The summed E-state index contributed by atoms with van der Waals surface area (Å²) in [4.78, 5) is 14.7. The molecule has 2 heterocycles. The van der Waals surface area contributed by atoms with E-state index in [0.717, 1.165) is 30.3 Å². The molecule has 1 saturated carbocycles. The van der Waals surface area contributed by atoms with Crippen LogP contribution in [-0.4, -0.2) is 47.9 Å². The molecule has 6 nitrogen and oxygen atoms in total. The minimum atomic E-state index is 0.0189. The molecule has 1 saturated heterocycles. The summed E-state index contributed by atoms with van der Waals surface area (Å²) in [5.41, 5.74) is 2.62. The lowest BCUT2D eigenvalue weighted by Crippen LogP contribution is -2.58. The van der Waals surface area contributed by atoms with Gasteiger partial charge in [-0.2, -0.15) is 5.10 Å². The van der Waals surface area contributed by atoms with Crippen molar-refractivity contribution in [3.63, 3.8) is 0 Å². The zero-order chi connectivity index (χ0) is 18.5. The van der Waals surface area contributed by atoms with Crippen LogP contribution in [0.3, 0.4) is 0 Å². The van der Waals surface area contributed by atoms with Crippen molar-refractivity contribution in [1.82, 2.24) is 14.7 Å². The van der Waals surface area contributed by atoms with Crippen LogP contribution in [0.1, 0.15) is 30.3 Å². The molecule has 1 aliphatic heterocycles. The number of hydrogen-bond donors (Lipinski definition) is 0. The van der Waals surface area contributed by atoms with Gasteiger partial charge in [0.1, 0.15) is 0 Å². The molecule has 138 valence electrons. The molecule has 1 aliphatic carbocycles. The second-order valence-electron chi connectivity index (χ2n) is 7.70. The van der Waals surface area contributed by atoms with Gasteiger partial charge < -0.3 is 14.4 Å². The maximum atomic E-state index is 12.8. The summed E-state index contributed by atoms with van der Waals surface area (Å²) in [7, 11) is 5.08. The van der Waals surface area contributed by atoms with Gasteiger partial charge >= 0.3 is 0 Å². The molecule has 4 rings (SSSR count). The van der Waals surface area contributed by atoms with Gasteiger partial charge in [0, 0.05) is 31.1 Å². The van der Waals surface area contributed by atoms with Crippen molar-refractivity contribution >= 4 is 5.91 Å². The van der Waals surface area contributed by atoms with E-state index in [1.54, 1.807) is 18.9 Å². The lowest BCUT2D eigenvalue weighted by Gasteiger charge is -2.48. The summed E-state index contributed by atoms with van der Waals surface area (Å²) < 4.78 is 12.4. The second kappa shape index (κ2) is 6.04. The zero-order valence-electron chi connectivity index (χ0n) is 15.8. The van der Waals surface area contributed by atoms with Crippen LogP contribution in [0, 0.1) is 11.3 Å². The Balaban J connectivity index is 1.55. The van der Waals surface area contributed by atoms with Gasteiger partial charge in [-0.1, -0.05) is 6.92 Å². The van der Waals surface area contributed by atoms with E-state index in [4.69, 9.17) is 9.47 Å². The summed E-state index contributed by atoms with van der Waals surface area (Å²) in [6, 6.07) is 7.56. The van der Waals surface area contributed by atoms with E-state index in [1.807, 2.05) is 36.2 Å². The molecule has 2 aliphatic rings. The van der Waals surface area contributed by atoms with Crippen LogP contribution in [0.15, 0.2) is 24.3 Å². The number of carbonyl (C=O) groups excluding carboxylic acids is 1. The fraction of sp³-hybridized carbons (Fsp3) is 0.500. The highest BCUT2D eigenvalue weighted by molar-refractivity contribution is 5.94. The van der Waals surface area contributed by atoms with Crippen molar-refractivity contribution < 1.29 is 14.3 Å². The number of ether oxygens (including phenoxy) is 2. The molecule has 0 atom stereocenters. The fourth-order valence-corrected chi connectivity index (χ4v) is 4.01. The van der Waals surface area contributed by atoms with Crippen LogP contribution in [0.5, 0.6) is 11.5 Å². The molecule has 1 amide bonds. The first kappa shape index (κ1) is 16.9. The lowest BCUT2D eigenvalue weighted by atomic mass is 9.77. The van der Waals surface area contributed by atoms with E-state index < -0.39 is 0 Å². The SMILES string of the molecule is COc1ccc(-c2cc(C(=O)N3CC(C)(C4CC4)C3)nn2C)cc1OC. The molecule has 2 aromatic rings. The van der Waals surface area contributed by atoms with Crippen molar-refractivity contribution in [2.75, 3.05) is 27.3 Å². The lowest BCUT2D eigenvalue weighted by molar-refractivity contribution is 0.00322. The van der Waals surface area contributed by atoms with Crippen molar-refractivity contribution in [3.05, 3.63) is 30.0 Å². The maximum Gasteiger partial charge on any atom is 0.274 e. The Morgan fingerprint density at radius 1 is 1.15 bits per heavy atom. The Kier molecular flexibility index (Phi) is 3.93. The van der Waals surface area contributed by atoms with Gasteiger partial charge in [0.25, 0.3) is 5.91 Å². The van der Waals surface area contributed by atoms with E-state index >= 15 is 0 Å². The highest BCUT2D eigenvalue weighted by atomic mass is 16.5. The Bertz CT molecular complexity index is 848. The van der Waals surface area contributed by atoms with Crippen molar-refractivity contribution in [2.45, 2.75) is 19.8 Å². The predicted octanol–water partition coefficient (Wildman–Crippen LogP) is 2.98. The number of benzene rings is 1. The zero-order valence-corrected chi connectivity index (χ0v) is 15.8. The van der Waals surface area contributed by atoms with E-state index in [0.29, 0.717) is 22.6 Å². The highest BCUT2D eigenvalue weighted by Gasteiger charge is 2.51. The topological polar surface area (TPSA) is 56.6 Å². The van der Waals surface area contributed by atoms with Crippen LogP contribution in [0.2, 0.25) is 0 Å². The third-order valence-electron chi connectivity index (χ3n) is 5.73. The van der Waals surface area contributed by atoms with E-state index in [-0.39, 0.29) is 5.91 Å². The third kappa shape index (κ3) is 2.73. The number of carbonyl (C=O) groups is 1. The normalized spacial score (nSPS) is 18.4. The van der Waals surface area contributed by atoms with Gasteiger partial charge in [-0.05, 0) is 43.0 Å². The van der Waals surface area contributed by atoms with Crippen molar-refractivity contribution in [2.24, 2.45) is 18.4 Å². The molecule has 1 aromatic carbocycles. The van der Waals surface area contributed by atoms with Gasteiger partial charge in [-0.25, -0.2) is 0 Å². The molecule has 1 aromatic heterocycles. The Labute approximate surface area is 153 Å². The Morgan fingerprint density at radius 2 is 1.85 bits per heavy atom. The molecule has 0 N–H and O–H groups in total. The number of aromatic nitrogens is 2. The molecular weight excluding hydrogens is 330 g/mol. The van der Waals surface area contributed by atoms with Gasteiger partial charge in [0.05, 0.1) is 19.9 Å². The first-order chi connectivity index (χ1) is 12.4. The number of hydrogen-bond acceptors (Lipinski definition) is 4. The second-order valence-corrected chi connectivity index (χ2v) is 7.70. The smallest absolute Gasteiger partial charge is 0.274 e. The van der Waals surface area contributed by atoms with Crippen LogP contribution in [0.4, 0.5) is 0 Å². The summed E-state index contributed by atoms with van der Waals surface area (Å²) in [5, 5.41) is 4.45. The Hall–Kier alpha value is -2.50. The first-order valence-corrected chi connectivity index (χ1v) is 9.01. The first-order valence-electron chi connectivity index (χ1n) is 9.01. The molecule has 0 bridgehead atoms. The molecule has 6 heteroatoms. The number of amides is 1. The number of rotatable bonds is 5. The number of methoxy groups -OCH3 is 2. The van der Waals surface area contributed by atoms with E-state index in [9.17, 15) is 4.79 Å². The van der Waals surface area contributed by atoms with Crippen molar-refractivity contribution in [3.8, 4) is 22.8 Å². The number of nitrogens with zero attached hydrogens (tertiary/aromatic N) is 3. The monoisotopic (exact) mass is 355 g/mol. The van der Waals surface area contributed by atoms with Crippen molar-refractivity contribution in [1.29, 1.82) is 0 Å². The summed E-state index contributed by atoms with van der Waals surface area (Å²) in [5.74, 6) is 2.15. The minimum absolute atomic E-state index is 0.0189. The summed E-state index contributed by atoms with van der Waals surface area (Å²) in [6.07, 6.45) is 2.62. The largest absolute Gasteiger partial charge is 0.493 e. The summed E-state index contributed by atoms with van der Waals surface area (Å²) in [6.45, 7) is 3.99. The van der Waals surface area contributed by atoms with Gasteiger partial charge in [0.15, 0.2) is 17.2 Å². The van der Waals surface area contributed by atoms with Crippen LogP contribution in [0.25, 0.3) is 11.3 Å². The van der Waals surface area contributed by atoms with Crippen LogP contribution >= 0.6 is 0 Å².